The summed E-state index contributed by atoms with van der Waals surface area (Å²) in [6.45, 7) is 0.443. The minimum absolute atomic E-state index is 0.199. The van der Waals surface area contributed by atoms with Crippen LogP contribution in [0.2, 0.25) is 0 Å². The molecule has 0 radical (unpaired) electrons. The highest BCUT2D eigenvalue weighted by atomic mass is 16.4. The summed E-state index contributed by atoms with van der Waals surface area (Å²) < 4.78 is 5.21. The summed E-state index contributed by atoms with van der Waals surface area (Å²) in [7, 11) is 0. The zero-order valence-corrected chi connectivity index (χ0v) is 10.6. The number of rotatable bonds is 3. The Kier molecular flexibility index (Phi) is 3.02. The number of nitrogens with one attached hydrogen (secondary N) is 1. The van der Waals surface area contributed by atoms with Crippen molar-refractivity contribution in [1.29, 1.82) is 0 Å². The summed E-state index contributed by atoms with van der Waals surface area (Å²) in [5.41, 5.74) is 0.786. The number of carboxylic acid groups (broad SMARTS) is 1. The molecule has 1 fully saturated rings. The second-order valence-corrected chi connectivity index (χ2v) is 4.64. The average Bonchev–Trinajstić information content (AvgIpc) is 3.17. The number of aromatic nitrogens is 2. The fourth-order valence-corrected chi connectivity index (χ4v) is 2.40. The van der Waals surface area contributed by atoms with Gasteiger partial charge < -0.3 is 14.4 Å². The summed E-state index contributed by atoms with van der Waals surface area (Å²) in [6.07, 6.45) is 2.70. The number of hydrogen-bond donors (Lipinski definition) is 2. The number of amides is 1. The molecule has 3 heterocycles. The van der Waals surface area contributed by atoms with Crippen molar-refractivity contribution >= 4 is 11.9 Å². The first-order valence-corrected chi connectivity index (χ1v) is 6.30. The van der Waals surface area contributed by atoms with E-state index in [1.807, 2.05) is 0 Å². The van der Waals surface area contributed by atoms with E-state index in [0.29, 0.717) is 30.8 Å². The zero-order valence-electron chi connectivity index (χ0n) is 10.6. The molecule has 1 amide bonds. The third kappa shape index (κ3) is 2.07. The van der Waals surface area contributed by atoms with E-state index >= 15 is 0 Å². The number of furan rings is 1. The van der Waals surface area contributed by atoms with Crippen LogP contribution in [0.25, 0.3) is 11.5 Å². The highest BCUT2D eigenvalue weighted by Crippen LogP contribution is 2.22. The number of carboxylic acids is 1. The zero-order chi connectivity index (χ0) is 14.1. The van der Waals surface area contributed by atoms with Gasteiger partial charge in [-0.25, -0.2) is 4.79 Å². The van der Waals surface area contributed by atoms with Crippen molar-refractivity contribution in [3.05, 3.63) is 30.2 Å². The fraction of sp³-hybridized carbons (Fsp3) is 0.308. The Morgan fingerprint density at radius 1 is 1.50 bits per heavy atom. The van der Waals surface area contributed by atoms with E-state index in [-0.39, 0.29) is 11.6 Å². The molecule has 0 bridgehead atoms. The van der Waals surface area contributed by atoms with Gasteiger partial charge in [0.1, 0.15) is 11.7 Å². The average molecular weight is 275 g/mol. The maximum absolute atomic E-state index is 12.3. The second-order valence-electron chi connectivity index (χ2n) is 4.64. The van der Waals surface area contributed by atoms with Gasteiger partial charge in [-0.2, -0.15) is 5.10 Å². The number of hydrogen-bond acceptors (Lipinski definition) is 4. The fourth-order valence-electron chi connectivity index (χ4n) is 2.40. The molecule has 0 unspecified atom stereocenters. The smallest absolute Gasteiger partial charge is 0.326 e. The molecule has 104 valence electrons. The molecule has 7 heteroatoms. The van der Waals surface area contributed by atoms with Crippen LogP contribution in [-0.4, -0.2) is 44.7 Å². The van der Waals surface area contributed by atoms with Crippen molar-refractivity contribution in [1.82, 2.24) is 15.1 Å². The van der Waals surface area contributed by atoms with Crippen LogP contribution >= 0.6 is 0 Å². The normalized spacial score (nSPS) is 18.4. The first kappa shape index (κ1) is 12.5. The molecule has 0 aromatic carbocycles. The monoisotopic (exact) mass is 275 g/mol. The van der Waals surface area contributed by atoms with Gasteiger partial charge in [0.05, 0.1) is 6.26 Å². The molecule has 2 aromatic heterocycles. The lowest BCUT2D eigenvalue weighted by molar-refractivity contribution is -0.141. The SMILES string of the molecule is O=C(O)[C@H]1CCCN1C(=O)c1cc(-c2ccco2)[nH]n1. The maximum atomic E-state index is 12.3. The van der Waals surface area contributed by atoms with Crippen LogP contribution in [0.3, 0.4) is 0 Å². The van der Waals surface area contributed by atoms with E-state index in [1.165, 1.54) is 11.2 Å². The van der Waals surface area contributed by atoms with Crippen LogP contribution in [0.1, 0.15) is 23.3 Å². The molecule has 1 saturated heterocycles. The summed E-state index contributed by atoms with van der Waals surface area (Å²) in [4.78, 5) is 24.7. The molecule has 1 atom stereocenters. The van der Waals surface area contributed by atoms with E-state index in [9.17, 15) is 9.59 Å². The molecule has 20 heavy (non-hydrogen) atoms. The van der Waals surface area contributed by atoms with Crippen LogP contribution in [0.15, 0.2) is 28.9 Å². The lowest BCUT2D eigenvalue weighted by atomic mass is 10.2. The minimum atomic E-state index is -0.974. The number of carbonyl (C=O) groups is 2. The highest BCUT2D eigenvalue weighted by Gasteiger charge is 2.35. The van der Waals surface area contributed by atoms with Crippen LogP contribution in [0.4, 0.5) is 0 Å². The standard InChI is InChI=1S/C13H13N3O4/c17-12(16-5-1-3-10(16)13(18)19)9-7-8(14-15-9)11-4-2-6-20-11/h2,4,6-7,10H,1,3,5H2,(H,14,15)(H,18,19)/t10-/m1/s1. The van der Waals surface area contributed by atoms with Crippen LogP contribution in [-0.2, 0) is 4.79 Å². The Bertz CT molecular complexity index is 632. The van der Waals surface area contributed by atoms with E-state index in [0.717, 1.165) is 0 Å². The summed E-state index contributed by atoms with van der Waals surface area (Å²) in [5.74, 6) is -0.769. The number of likely N-dealkylation sites (tertiary alicyclic amines) is 1. The molecular weight excluding hydrogens is 262 g/mol. The molecule has 1 aliphatic rings. The van der Waals surface area contributed by atoms with E-state index in [1.54, 1.807) is 18.2 Å². The molecule has 3 rings (SSSR count). The third-order valence-electron chi connectivity index (χ3n) is 3.38. The molecule has 1 aliphatic heterocycles. The lowest BCUT2D eigenvalue weighted by Gasteiger charge is -2.19. The van der Waals surface area contributed by atoms with Crippen molar-refractivity contribution in [2.24, 2.45) is 0 Å². The van der Waals surface area contributed by atoms with Crippen molar-refractivity contribution in [2.75, 3.05) is 6.54 Å². The maximum Gasteiger partial charge on any atom is 0.326 e. The Morgan fingerprint density at radius 2 is 2.35 bits per heavy atom. The molecule has 2 N–H and O–H groups in total. The number of aromatic amines is 1. The van der Waals surface area contributed by atoms with Crippen LogP contribution in [0, 0.1) is 0 Å². The summed E-state index contributed by atoms with van der Waals surface area (Å²) in [5, 5.41) is 15.8. The number of H-pyrrole nitrogens is 1. The first-order chi connectivity index (χ1) is 9.66. The first-order valence-electron chi connectivity index (χ1n) is 6.30. The van der Waals surface area contributed by atoms with E-state index in [4.69, 9.17) is 9.52 Å². The predicted molar refractivity (Wildman–Crippen MR) is 68.0 cm³/mol. The van der Waals surface area contributed by atoms with Gasteiger partial charge >= 0.3 is 5.97 Å². The molecule has 0 saturated carbocycles. The van der Waals surface area contributed by atoms with Crippen molar-refractivity contribution < 1.29 is 19.1 Å². The predicted octanol–water partition coefficient (Wildman–Crippen LogP) is 1.36. The molecule has 2 aromatic rings. The topological polar surface area (TPSA) is 99.4 Å². The van der Waals surface area contributed by atoms with Crippen molar-refractivity contribution in [3.63, 3.8) is 0 Å². The van der Waals surface area contributed by atoms with Gasteiger partial charge in [-0.3, -0.25) is 9.89 Å². The van der Waals surface area contributed by atoms with Gasteiger partial charge in [0.2, 0.25) is 0 Å². The van der Waals surface area contributed by atoms with Gasteiger partial charge in [0, 0.05) is 12.6 Å². The van der Waals surface area contributed by atoms with Crippen LogP contribution < -0.4 is 0 Å². The third-order valence-corrected chi connectivity index (χ3v) is 3.38. The number of carbonyl (C=O) groups excluding carboxylic acids is 1. The minimum Gasteiger partial charge on any atom is -0.480 e. The molecular formula is C13H13N3O4. The van der Waals surface area contributed by atoms with E-state index in [2.05, 4.69) is 10.2 Å². The Labute approximate surface area is 114 Å². The molecule has 0 aliphatic carbocycles. The van der Waals surface area contributed by atoms with Gasteiger partial charge in [-0.05, 0) is 25.0 Å². The Hall–Kier alpha value is -2.57. The van der Waals surface area contributed by atoms with Gasteiger partial charge in [-0.15, -0.1) is 0 Å². The Balaban J connectivity index is 1.83. The summed E-state index contributed by atoms with van der Waals surface area (Å²) >= 11 is 0. The highest BCUT2D eigenvalue weighted by molar-refractivity contribution is 5.96. The number of aliphatic carboxylic acids is 1. The van der Waals surface area contributed by atoms with Crippen molar-refractivity contribution in [3.8, 4) is 11.5 Å². The van der Waals surface area contributed by atoms with Gasteiger partial charge in [0.25, 0.3) is 5.91 Å². The lowest BCUT2D eigenvalue weighted by Crippen LogP contribution is -2.40. The summed E-state index contributed by atoms with van der Waals surface area (Å²) in [6, 6.07) is 4.29. The Morgan fingerprint density at radius 3 is 3.05 bits per heavy atom. The second kappa shape index (κ2) is 4.84. The van der Waals surface area contributed by atoms with Gasteiger partial charge in [0.15, 0.2) is 11.5 Å². The number of nitrogens with zero attached hydrogens (tertiary/aromatic N) is 2. The molecule has 0 spiro atoms. The van der Waals surface area contributed by atoms with Gasteiger partial charge in [-0.1, -0.05) is 0 Å². The van der Waals surface area contributed by atoms with Crippen molar-refractivity contribution in [2.45, 2.75) is 18.9 Å². The van der Waals surface area contributed by atoms with Crippen LogP contribution in [0.5, 0.6) is 0 Å². The van der Waals surface area contributed by atoms with E-state index < -0.39 is 12.0 Å². The molecule has 7 nitrogen and oxygen atoms in total. The largest absolute Gasteiger partial charge is 0.480 e. The quantitative estimate of drug-likeness (QED) is 0.881.